The van der Waals surface area contributed by atoms with E-state index in [9.17, 15) is 0 Å². The predicted octanol–water partition coefficient (Wildman–Crippen LogP) is 2.57. The smallest absolute Gasteiger partial charge is 0.137 e. The first-order valence-corrected chi connectivity index (χ1v) is 4.73. The summed E-state index contributed by atoms with van der Waals surface area (Å²) >= 11 is 0. The molecule has 2 rings (SSSR count). The van der Waals surface area contributed by atoms with Crippen molar-refractivity contribution in [3.63, 3.8) is 0 Å². The first-order valence-electron chi connectivity index (χ1n) is 4.73. The number of nitrogens with zero attached hydrogens (tertiary/aromatic N) is 1. The summed E-state index contributed by atoms with van der Waals surface area (Å²) in [4.78, 5) is 4.18. The summed E-state index contributed by atoms with van der Waals surface area (Å²) in [5.74, 6) is 0.888. The van der Waals surface area contributed by atoms with Gasteiger partial charge in [0.15, 0.2) is 0 Å². The van der Waals surface area contributed by atoms with Crippen molar-refractivity contribution in [1.29, 1.82) is 0 Å². The molecule has 1 aromatic heterocycles. The number of pyridine rings is 1. The highest BCUT2D eigenvalue weighted by Crippen LogP contribution is 2.44. The molecule has 2 heteroatoms. The number of rotatable bonds is 3. The molecule has 0 unspecified atom stereocenters. The zero-order valence-electron chi connectivity index (χ0n) is 8.21. The molecule has 0 aromatic carbocycles. The second-order valence-electron chi connectivity index (χ2n) is 4.23. The largest absolute Gasteiger partial charge is 0.491 e. The number of hydrogen-bond donors (Lipinski definition) is 0. The molecule has 0 radical (unpaired) electrons. The molecule has 1 aromatic rings. The molecule has 2 nitrogen and oxygen atoms in total. The second-order valence-corrected chi connectivity index (χ2v) is 4.23. The molecule has 0 spiro atoms. The van der Waals surface area contributed by atoms with Gasteiger partial charge in [-0.2, -0.15) is 0 Å². The molecular formula is C11H15NO. The van der Waals surface area contributed by atoms with Crippen LogP contribution in [0.2, 0.25) is 0 Å². The van der Waals surface area contributed by atoms with Crippen molar-refractivity contribution < 1.29 is 4.74 Å². The minimum Gasteiger partial charge on any atom is -0.491 e. The van der Waals surface area contributed by atoms with Crippen molar-refractivity contribution in [2.45, 2.75) is 26.7 Å². The summed E-state index contributed by atoms with van der Waals surface area (Å²) in [5.41, 5.74) is 1.48. The van der Waals surface area contributed by atoms with Crippen LogP contribution in [0.3, 0.4) is 0 Å². The average molecular weight is 177 g/mol. The van der Waals surface area contributed by atoms with Crippen LogP contribution >= 0.6 is 0 Å². The van der Waals surface area contributed by atoms with Gasteiger partial charge in [-0.3, -0.25) is 4.98 Å². The summed E-state index contributed by atoms with van der Waals surface area (Å²) < 4.78 is 5.63. The number of hydrogen-bond acceptors (Lipinski definition) is 2. The van der Waals surface area contributed by atoms with Crippen LogP contribution in [0.15, 0.2) is 18.3 Å². The third-order valence-electron chi connectivity index (χ3n) is 2.58. The van der Waals surface area contributed by atoms with Gasteiger partial charge < -0.3 is 4.74 Å². The topological polar surface area (TPSA) is 22.1 Å². The van der Waals surface area contributed by atoms with Crippen LogP contribution in [-0.2, 0) is 0 Å². The zero-order chi connectivity index (χ0) is 9.31. The van der Waals surface area contributed by atoms with Gasteiger partial charge in [0.25, 0.3) is 0 Å². The van der Waals surface area contributed by atoms with Gasteiger partial charge >= 0.3 is 0 Å². The van der Waals surface area contributed by atoms with Crippen molar-refractivity contribution in [2.75, 3.05) is 6.61 Å². The third-order valence-corrected chi connectivity index (χ3v) is 2.58. The molecule has 0 N–H and O–H groups in total. The molecular weight excluding hydrogens is 162 g/mol. The lowest BCUT2D eigenvalue weighted by molar-refractivity contribution is 0.246. The maximum Gasteiger partial charge on any atom is 0.137 e. The van der Waals surface area contributed by atoms with Crippen LogP contribution in [0.25, 0.3) is 0 Å². The molecule has 1 aliphatic rings. The molecule has 0 saturated heterocycles. The Morgan fingerprint density at radius 2 is 2.23 bits per heavy atom. The van der Waals surface area contributed by atoms with Crippen LogP contribution in [0.1, 0.15) is 25.5 Å². The fourth-order valence-corrected chi connectivity index (χ4v) is 1.15. The molecule has 1 fully saturated rings. The van der Waals surface area contributed by atoms with Crippen molar-refractivity contribution in [2.24, 2.45) is 5.41 Å². The maximum atomic E-state index is 5.63. The Morgan fingerprint density at radius 3 is 2.77 bits per heavy atom. The number of aromatic nitrogens is 1. The molecule has 0 aliphatic heterocycles. The Balaban J connectivity index is 1.91. The predicted molar refractivity (Wildman–Crippen MR) is 51.8 cm³/mol. The average Bonchev–Trinajstić information content (AvgIpc) is 2.84. The molecule has 1 heterocycles. The van der Waals surface area contributed by atoms with Crippen LogP contribution < -0.4 is 4.74 Å². The highest BCUT2D eigenvalue weighted by molar-refractivity contribution is 5.19. The molecule has 1 saturated carbocycles. The van der Waals surface area contributed by atoms with E-state index in [1.54, 1.807) is 6.20 Å². The minimum absolute atomic E-state index is 0.449. The Bertz CT molecular complexity index is 287. The fraction of sp³-hybridized carbons (Fsp3) is 0.545. The van der Waals surface area contributed by atoms with Crippen molar-refractivity contribution in [3.05, 3.63) is 24.0 Å². The number of aryl methyl sites for hydroxylation is 1. The third kappa shape index (κ3) is 2.20. The van der Waals surface area contributed by atoms with Gasteiger partial charge in [-0.15, -0.1) is 0 Å². The van der Waals surface area contributed by atoms with E-state index in [0.29, 0.717) is 5.41 Å². The van der Waals surface area contributed by atoms with Gasteiger partial charge in [0, 0.05) is 11.1 Å². The van der Waals surface area contributed by atoms with Gasteiger partial charge in [-0.1, -0.05) is 6.92 Å². The van der Waals surface area contributed by atoms with Crippen LogP contribution in [0.4, 0.5) is 0 Å². The van der Waals surface area contributed by atoms with E-state index in [1.165, 1.54) is 12.8 Å². The van der Waals surface area contributed by atoms with Gasteiger partial charge in [0.2, 0.25) is 0 Å². The lowest BCUT2D eigenvalue weighted by Gasteiger charge is -2.10. The van der Waals surface area contributed by atoms with Crippen molar-refractivity contribution >= 4 is 0 Å². The van der Waals surface area contributed by atoms with Gasteiger partial charge in [-0.25, -0.2) is 0 Å². The van der Waals surface area contributed by atoms with E-state index in [4.69, 9.17) is 4.74 Å². The minimum atomic E-state index is 0.449. The van der Waals surface area contributed by atoms with Crippen LogP contribution in [0.5, 0.6) is 5.75 Å². The Morgan fingerprint density at radius 1 is 1.46 bits per heavy atom. The SMILES string of the molecule is Cc1ccc(OCC2(C)CC2)cn1. The lowest BCUT2D eigenvalue weighted by Crippen LogP contribution is -2.08. The highest BCUT2D eigenvalue weighted by Gasteiger charge is 2.38. The van der Waals surface area contributed by atoms with Gasteiger partial charge in [-0.05, 0) is 31.9 Å². The van der Waals surface area contributed by atoms with E-state index in [0.717, 1.165) is 18.1 Å². The molecule has 0 bridgehead atoms. The molecule has 1 aliphatic carbocycles. The maximum absolute atomic E-state index is 5.63. The quantitative estimate of drug-likeness (QED) is 0.708. The van der Waals surface area contributed by atoms with E-state index >= 15 is 0 Å². The second kappa shape index (κ2) is 3.02. The van der Waals surface area contributed by atoms with Gasteiger partial charge in [0.1, 0.15) is 5.75 Å². The Hall–Kier alpha value is -1.05. The zero-order valence-corrected chi connectivity index (χ0v) is 8.21. The van der Waals surface area contributed by atoms with Crippen molar-refractivity contribution in [3.8, 4) is 5.75 Å². The standard InChI is InChI=1S/C11H15NO/c1-9-3-4-10(7-12-9)13-8-11(2)5-6-11/h3-4,7H,5-6,8H2,1-2H3. The monoisotopic (exact) mass is 177 g/mol. The Labute approximate surface area is 78.9 Å². The Kier molecular flexibility index (Phi) is 1.98. The molecule has 13 heavy (non-hydrogen) atoms. The summed E-state index contributed by atoms with van der Waals surface area (Å²) in [6.07, 6.45) is 4.39. The molecule has 70 valence electrons. The summed E-state index contributed by atoms with van der Waals surface area (Å²) in [5, 5.41) is 0. The first-order chi connectivity index (χ1) is 6.18. The highest BCUT2D eigenvalue weighted by atomic mass is 16.5. The van der Waals surface area contributed by atoms with E-state index < -0.39 is 0 Å². The van der Waals surface area contributed by atoms with E-state index in [1.807, 2.05) is 19.1 Å². The van der Waals surface area contributed by atoms with Crippen LogP contribution in [-0.4, -0.2) is 11.6 Å². The number of ether oxygens (including phenoxy) is 1. The molecule has 0 amide bonds. The van der Waals surface area contributed by atoms with E-state index in [2.05, 4.69) is 11.9 Å². The normalized spacial score (nSPS) is 18.3. The summed E-state index contributed by atoms with van der Waals surface area (Å²) in [7, 11) is 0. The lowest BCUT2D eigenvalue weighted by atomic mass is 10.2. The molecule has 0 atom stereocenters. The first kappa shape index (κ1) is 8.54. The van der Waals surface area contributed by atoms with Crippen LogP contribution in [0, 0.1) is 12.3 Å². The summed E-state index contributed by atoms with van der Waals surface area (Å²) in [6, 6.07) is 3.96. The van der Waals surface area contributed by atoms with Crippen molar-refractivity contribution in [1.82, 2.24) is 4.98 Å². The van der Waals surface area contributed by atoms with E-state index in [-0.39, 0.29) is 0 Å². The van der Waals surface area contributed by atoms with Gasteiger partial charge in [0.05, 0.1) is 12.8 Å². The fourth-order valence-electron chi connectivity index (χ4n) is 1.15. The summed E-state index contributed by atoms with van der Waals surface area (Å²) in [6.45, 7) is 5.07.